The summed E-state index contributed by atoms with van der Waals surface area (Å²) in [6, 6.07) is 3.44. The molecule has 2 aromatic heterocycles. The number of amides is 1. The van der Waals surface area contributed by atoms with Crippen molar-refractivity contribution in [3.8, 4) is 0 Å². The third-order valence-electron chi connectivity index (χ3n) is 5.54. The number of esters is 1. The zero-order valence-electron chi connectivity index (χ0n) is 15.2. The molecular formula is C20H24N2O4. The smallest absolute Gasteiger partial charge is 0.374 e. The van der Waals surface area contributed by atoms with Gasteiger partial charge in [-0.05, 0) is 44.9 Å². The second kappa shape index (κ2) is 6.74. The summed E-state index contributed by atoms with van der Waals surface area (Å²) in [5.41, 5.74) is 0.781. The van der Waals surface area contributed by atoms with Crippen molar-refractivity contribution in [1.82, 2.24) is 10.3 Å². The Morgan fingerprint density at radius 3 is 2.65 bits per heavy atom. The number of fused-ring (bicyclic) bond motifs is 4. The summed E-state index contributed by atoms with van der Waals surface area (Å²) >= 11 is 0. The van der Waals surface area contributed by atoms with E-state index in [1.165, 1.54) is 25.7 Å². The Morgan fingerprint density at radius 2 is 2.00 bits per heavy atom. The molecule has 2 aromatic rings. The van der Waals surface area contributed by atoms with E-state index < -0.39 is 5.97 Å². The molecule has 0 aliphatic heterocycles. The molecule has 2 heterocycles. The van der Waals surface area contributed by atoms with E-state index in [1.54, 1.807) is 32.2 Å². The van der Waals surface area contributed by atoms with Crippen molar-refractivity contribution >= 4 is 22.8 Å². The van der Waals surface area contributed by atoms with E-state index in [2.05, 4.69) is 10.3 Å². The van der Waals surface area contributed by atoms with Crippen molar-refractivity contribution in [3.63, 3.8) is 0 Å². The number of hydrogen-bond acceptors (Lipinski definition) is 5. The molecule has 0 spiro atoms. The van der Waals surface area contributed by atoms with Gasteiger partial charge >= 0.3 is 5.97 Å². The summed E-state index contributed by atoms with van der Waals surface area (Å²) in [6.07, 6.45) is 7.42. The second-order valence-corrected chi connectivity index (χ2v) is 7.77. The average Bonchev–Trinajstić information content (AvgIpc) is 3.05. The predicted molar refractivity (Wildman–Crippen MR) is 95.9 cm³/mol. The van der Waals surface area contributed by atoms with Crippen LogP contribution in [0, 0.1) is 11.8 Å². The van der Waals surface area contributed by atoms with E-state index >= 15 is 0 Å². The molecule has 6 nitrogen and oxygen atoms in total. The highest BCUT2D eigenvalue weighted by atomic mass is 16.6. The van der Waals surface area contributed by atoms with Crippen LogP contribution >= 0.6 is 0 Å². The molecule has 3 aliphatic carbocycles. The number of aromatic nitrogens is 1. The topological polar surface area (TPSA) is 81.4 Å². The molecule has 138 valence electrons. The fourth-order valence-corrected chi connectivity index (χ4v) is 4.23. The minimum absolute atomic E-state index is 0.123. The summed E-state index contributed by atoms with van der Waals surface area (Å²) < 4.78 is 10.7. The Balaban J connectivity index is 1.49. The van der Waals surface area contributed by atoms with Gasteiger partial charge in [0, 0.05) is 29.8 Å². The summed E-state index contributed by atoms with van der Waals surface area (Å²) in [7, 11) is 0. The third kappa shape index (κ3) is 3.32. The van der Waals surface area contributed by atoms with Crippen LogP contribution in [0.1, 0.15) is 67.0 Å². The Bertz CT molecular complexity index is 833. The molecule has 1 amide bonds. The zero-order valence-corrected chi connectivity index (χ0v) is 15.2. The summed E-state index contributed by atoms with van der Waals surface area (Å²) in [4.78, 5) is 28.8. The lowest BCUT2D eigenvalue weighted by Gasteiger charge is -2.42. The Labute approximate surface area is 152 Å². The normalized spacial score (nSPS) is 24.8. The molecule has 2 bridgehead atoms. The van der Waals surface area contributed by atoms with E-state index in [4.69, 9.17) is 9.15 Å². The molecule has 26 heavy (non-hydrogen) atoms. The maximum Gasteiger partial charge on any atom is 0.374 e. The lowest BCUT2D eigenvalue weighted by molar-refractivity contribution is 0.0344. The molecule has 0 saturated heterocycles. The molecule has 5 rings (SSSR count). The van der Waals surface area contributed by atoms with E-state index in [0.717, 1.165) is 12.3 Å². The van der Waals surface area contributed by atoms with Crippen LogP contribution in [-0.2, 0) is 4.74 Å². The Kier molecular flexibility index (Phi) is 4.42. The quantitative estimate of drug-likeness (QED) is 0.845. The van der Waals surface area contributed by atoms with Gasteiger partial charge < -0.3 is 14.5 Å². The number of rotatable bonds is 4. The predicted octanol–water partition coefficient (Wildman–Crippen LogP) is 3.70. The summed E-state index contributed by atoms with van der Waals surface area (Å²) in [5, 5.41) is 3.83. The molecule has 3 aliphatic rings. The van der Waals surface area contributed by atoms with Crippen molar-refractivity contribution in [1.29, 1.82) is 0 Å². The number of carbonyl (C=O) groups excluding carboxylic acids is 2. The van der Waals surface area contributed by atoms with Gasteiger partial charge in [-0.1, -0.05) is 12.8 Å². The van der Waals surface area contributed by atoms with E-state index in [0.29, 0.717) is 22.6 Å². The molecule has 1 N–H and O–H groups in total. The van der Waals surface area contributed by atoms with Crippen LogP contribution in [0.3, 0.4) is 0 Å². The van der Waals surface area contributed by atoms with Crippen LogP contribution in [0.2, 0.25) is 0 Å². The first-order chi connectivity index (χ1) is 12.5. The lowest BCUT2D eigenvalue weighted by atomic mass is 9.68. The van der Waals surface area contributed by atoms with Crippen LogP contribution in [0.5, 0.6) is 0 Å². The molecule has 3 saturated carbocycles. The third-order valence-corrected chi connectivity index (χ3v) is 5.54. The van der Waals surface area contributed by atoms with Gasteiger partial charge in [0.2, 0.25) is 5.76 Å². The first-order valence-corrected chi connectivity index (χ1v) is 9.41. The van der Waals surface area contributed by atoms with Gasteiger partial charge in [-0.15, -0.1) is 0 Å². The molecular weight excluding hydrogens is 332 g/mol. The number of hydrogen-bond donors (Lipinski definition) is 1. The largest absolute Gasteiger partial charge is 0.457 e. The van der Waals surface area contributed by atoms with Crippen molar-refractivity contribution in [3.05, 3.63) is 29.8 Å². The number of ether oxygens (including phenoxy) is 1. The highest BCUT2D eigenvalue weighted by molar-refractivity contribution is 5.97. The molecule has 6 heteroatoms. The molecule has 0 radical (unpaired) electrons. The van der Waals surface area contributed by atoms with Crippen LogP contribution in [0.4, 0.5) is 0 Å². The SMILES string of the molecule is CC(C)OC(=O)c1cc2cnc(C(=O)NC3CC4CCC3CC4)cc2o1. The van der Waals surface area contributed by atoms with Crippen molar-refractivity contribution in [2.24, 2.45) is 11.8 Å². The van der Waals surface area contributed by atoms with Gasteiger partial charge in [-0.25, -0.2) is 4.79 Å². The number of furan rings is 1. The van der Waals surface area contributed by atoms with Crippen molar-refractivity contribution < 1.29 is 18.7 Å². The number of nitrogens with one attached hydrogen (secondary N) is 1. The fraction of sp³-hybridized carbons (Fsp3) is 0.550. The zero-order chi connectivity index (χ0) is 18.3. The number of carbonyl (C=O) groups is 2. The molecule has 3 fully saturated rings. The first kappa shape index (κ1) is 17.1. The second-order valence-electron chi connectivity index (χ2n) is 7.77. The van der Waals surface area contributed by atoms with Gasteiger partial charge in [0.25, 0.3) is 5.91 Å². The van der Waals surface area contributed by atoms with Crippen molar-refractivity contribution in [2.75, 3.05) is 0 Å². The molecule has 1 atom stereocenters. The highest BCUT2D eigenvalue weighted by Crippen LogP contribution is 2.41. The van der Waals surface area contributed by atoms with Crippen LogP contribution in [0.25, 0.3) is 11.0 Å². The fourth-order valence-electron chi connectivity index (χ4n) is 4.23. The minimum Gasteiger partial charge on any atom is -0.457 e. The van der Waals surface area contributed by atoms with Crippen LogP contribution < -0.4 is 5.32 Å². The van der Waals surface area contributed by atoms with Crippen LogP contribution in [-0.4, -0.2) is 29.0 Å². The summed E-state index contributed by atoms with van der Waals surface area (Å²) in [6.45, 7) is 3.56. The Hall–Kier alpha value is -2.37. The van der Waals surface area contributed by atoms with E-state index in [1.807, 2.05) is 0 Å². The molecule has 0 aromatic carbocycles. The van der Waals surface area contributed by atoms with Crippen LogP contribution in [0.15, 0.2) is 22.7 Å². The Morgan fingerprint density at radius 1 is 1.23 bits per heavy atom. The maximum absolute atomic E-state index is 12.6. The van der Waals surface area contributed by atoms with Gasteiger partial charge in [-0.2, -0.15) is 0 Å². The maximum atomic E-state index is 12.6. The minimum atomic E-state index is -0.513. The van der Waals surface area contributed by atoms with Gasteiger partial charge in [0.1, 0.15) is 11.3 Å². The first-order valence-electron chi connectivity index (χ1n) is 9.41. The van der Waals surface area contributed by atoms with Gasteiger partial charge in [0.05, 0.1) is 6.10 Å². The number of pyridine rings is 1. The lowest BCUT2D eigenvalue weighted by Crippen LogP contribution is -2.47. The van der Waals surface area contributed by atoms with Gasteiger partial charge in [-0.3, -0.25) is 9.78 Å². The highest BCUT2D eigenvalue weighted by Gasteiger charge is 2.36. The van der Waals surface area contributed by atoms with E-state index in [-0.39, 0.29) is 23.8 Å². The standard InChI is InChI=1S/C20H24N2O4/c1-11(2)25-20(24)18-8-14-10-21-16(9-17(14)26-18)19(23)22-15-7-12-3-5-13(15)6-4-12/h8-13,15H,3-7H2,1-2H3,(H,22,23). The van der Waals surface area contributed by atoms with Gasteiger partial charge in [0.15, 0.2) is 0 Å². The van der Waals surface area contributed by atoms with E-state index in [9.17, 15) is 9.59 Å². The monoisotopic (exact) mass is 356 g/mol. The summed E-state index contributed by atoms with van der Waals surface area (Å²) in [5.74, 6) is 0.777. The van der Waals surface area contributed by atoms with Crippen molar-refractivity contribution in [2.45, 2.75) is 58.1 Å². The number of nitrogens with zero attached hydrogens (tertiary/aromatic N) is 1. The molecule has 1 unspecified atom stereocenters. The average molecular weight is 356 g/mol.